The van der Waals surface area contributed by atoms with Gasteiger partial charge in [0, 0.05) is 24.0 Å². The molecule has 22 heavy (non-hydrogen) atoms. The molecule has 6 heteroatoms. The fourth-order valence-corrected chi connectivity index (χ4v) is 3.18. The highest BCUT2D eigenvalue weighted by atomic mass is 32.1. The van der Waals surface area contributed by atoms with Crippen LogP contribution in [0.15, 0.2) is 18.2 Å². The number of imidazole rings is 1. The third-order valence-electron chi connectivity index (χ3n) is 3.68. The molecule has 1 aromatic carbocycles. The number of rotatable bonds is 3. The summed E-state index contributed by atoms with van der Waals surface area (Å²) in [6.07, 6.45) is 0. The summed E-state index contributed by atoms with van der Waals surface area (Å²) in [5.41, 5.74) is 3.44. The third-order valence-corrected chi connectivity index (χ3v) is 4.36. The van der Waals surface area contributed by atoms with Crippen LogP contribution in [0.1, 0.15) is 38.0 Å². The number of anilines is 1. The first-order valence-electron chi connectivity index (χ1n) is 7.35. The molecular weight excluding hydrogens is 294 g/mol. The topological polar surface area (TPSA) is 55.6 Å². The van der Waals surface area contributed by atoms with Crippen molar-refractivity contribution in [3.8, 4) is 0 Å². The van der Waals surface area contributed by atoms with Gasteiger partial charge in [-0.1, -0.05) is 32.9 Å². The Hall–Kier alpha value is -1.95. The second-order valence-electron chi connectivity index (χ2n) is 6.56. The van der Waals surface area contributed by atoms with E-state index in [2.05, 4.69) is 66.1 Å². The molecule has 0 atom stereocenters. The van der Waals surface area contributed by atoms with Gasteiger partial charge in [-0.25, -0.2) is 9.97 Å². The summed E-state index contributed by atoms with van der Waals surface area (Å²) in [5, 5.41) is 4.18. The van der Waals surface area contributed by atoms with Crippen LogP contribution in [0.2, 0.25) is 0 Å². The molecular formula is C16H21N5S. The van der Waals surface area contributed by atoms with Gasteiger partial charge in [-0.05, 0) is 18.6 Å². The smallest absolute Gasteiger partial charge is 0.202 e. The lowest BCUT2D eigenvalue weighted by Gasteiger charge is -2.12. The Morgan fingerprint density at radius 2 is 2.00 bits per heavy atom. The highest BCUT2D eigenvalue weighted by Crippen LogP contribution is 2.24. The zero-order valence-corrected chi connectivity index (χ0v) is 14.5. The van der Waals surface area contributed by atoms with E-state index >= 15 is 0 Å². The standard InChI is InChI=1S/C16H21N5S/c1-10-7-6-8-11-13(10)21(5)12(18-11)9-17-15-19-14(20-22-15)16(2,3)4/h6-8H,9H2,1-5H3,(H,17,19,20). The average molecular weight is 315 g/mol. The molecule has 0 saturated heterocycles. The maximum atomic E-state index is 4.70. The Morgan fingerprint density at radius 3 is 2.64 bits per heavy atom. The molecule has 2 aromatic heterocycles. The second kappa shape index (κ2) is 5.35. The van der Waals surface area contributed by atoms with Crippen molar-refractivity contribution >= 4 is 27.7 Å². The Balaban J connectivity index is 1.81. The molecule has 0 aliphatic heterocycles. The van der Waals surface area contributed by atoms with Crippen molar-refractivity contribution in [1.82, 2.24) is 18.9 Å². The fourth-order valence-electron chi connectivity index (χ4n) is 2.43. The first kappa shape index (κ1) is 15.0. The van der Waals surface area contributed by atoms with Crippen molar-refractivity contribution in [2.75, 3.05) is 5.32 Å². The Morgan fingerprint density at radius 1 is 1.23 bits per heavy atom. The van der Waals surface area contributed by atoms with E-state index in [-0.39, 0.29) is 5.41 Å². The van der Waals surface area contributed by atoms with Gasteiger partial charge in [-0.2, -0.15) is 4.37 Å². The lowest BCUT2D eigenvalue weighted by molar-refractivity contribution is 0.555. The third kappa shape index (κ3) is 2.70. The summed E-state index contributed by atoms with van der Waals surface area (Å²) in [6, 6.07) is 6.21. The number of aryl methyl sites for hydroxylation is 2. The fraction of sp³-hybridized carbons (Fsp3) is 0.438. The van der Waals surface area contributed by atoms with Crippen LogP contribution in [0, 0.1) is 6.92 Å². The van der Waals surface area contributed by atoms with Crippen LogP contribution >= 0.6 is 11.5 Å². The molecule has 0 amide bonds. The minimum atomic E-state index is -0.0224. The van der Waals surface area contributed by atoms with Crippen LogP contribution in [0.3, 0.4) is 0 Å². The SMILES string of the molecule is Cc1cccc2nc(CNc3nc(C(C)(C)C)ns3)n(C)c12. The van der Waals surface area contributed by atoms with Crippen molar-refractivity contribution in [3.63, 3.8) is 0 Å². The molecule has 0 fully saturated rings. The zero-order chi connectivity index (χ0) is 15.9. The highest BCUT2D eigenvalue weighted by Gasteiger charge is 2.19. The molecule has 0 radical (unpaired) electrons. The van der Waals surface area contributed by atoms with E-state index in [4.69, 9.17) is 4.98 Å². The molecule has 0 aliphatic rings. The maximum absolute atomic E-state index is 4.70. The summed E-state index contributed by atoms with van der Waals surface area (Å²) in [6.45, 7) is 9.11. The lowest BCUT2D eigenvalue weighted by atomic mass is 9.96. The van der Waals surface area contributed by atoms with E-state index in [0.29, 0.717) is 6.54 Å². The largest absolute Gasteiger partial charge is 0.353 e. The number of fused-ring (bicyclic) bond motifs is 1. The molecule has 5 nitrogen and oxygen atoms in total. The quantitative estimate of drug-likeness (QED) is 0.801. The highest BCUT2D eigenvalue weighted by molar-refractivity contribution is 7.09. The van der Waals surface area contributed by atoms with Crippen LogP contribution < -0.4 is 5.32 Å². The van der Waals surface area contributed by atoms with Crippen LogP contribution in [0.5, 0.6) is 0 Å². The van der Waals surface area contributed by atoms with E-state index in [0.717, 1.165) is 22.3 Å². The first-order valence-corrected chi connectivity index (χ1v) is 8.12. The van der Waals surface area contributed by atoms with E-state index in [1.165, 1.54) is 22.6 Å². The van der Waals surface area contributed by atoms with Crippen LogP contribution in [0.4, 0.5) is 5.13 Å². The van der Waals surface area contributed by atoms with Crippen LogP contribution in [0.25, 0.3) is 11.0 Å². The number of aromatic nitrogens is 4. The van der Waals surface area contributed by atoms with Gasteiger partial charge >= 0.3 is 0 Å². The monoisotopic (exact) mass is 315 g/mol. The predicted octanol–water partition coefficient (Wildman–Crippen LogP) is 3.64. The molecule has 0 aliphatic carbocycles. The van der Waals surface area contributed by atoms with Gasteiger partial charge < -0.3 is 9.88 Å². The Bertz CT molecular complexity index is 810. The predicted molar refractivity (Wildman–Crippen MR) is 91.4 cm³/mol. The molecule has 3 aromatic rings. The summed E-state index contributed by atoms with van der Waals surface area (Å²) in [4.78, 5) is 9.26. The summed E-state index contributed by atoms with van der Waals surface area (Å²) >= 11 is 1.40. The molecule has 0 spiro atoms. The number of nitrogens with one attached hydrogen (secondary N) is 1. The number of benzene rings is 1. The maximum Gasteiger partial charge on any atom is 0.202 e. The van der Waals surface area contributed by atoms with Gasteiger partial charge in [0.1, 0.15) is 11.6 Å². The van der Waals surface area contributed by atoms with Crippen molar-refractivity contribution < 1.29 is 0 Å². The summed E-state index contributed by atoms with van der Waals surface area (Å²) in [5.74, 6) is 1.87. The zero-order valence-electron chi connectivity index (χ0n) is 13.6. The lowest BCUT2D eigenvalue weighted by Crippen LogP contribution is -2.13. The Kier molecular flexibility index (Phi) is 3.64. The van der Waals surface area contributed by atoms with Gasteiger partial charge in [0.2, 0.25) is 5.13 Å². The number of nitrogens with zero attached hydrogens (tertiary/aromatic N) is 4. The van der Waals surface area contributed by atoms with Crippen LogP contribution in [-0.4, -0.2) is 18.9 Å². The second-order valence-corrected chi connectivity index (χ2v) is 7.31. The summed E-state index contributed by atoms with van der Waals surface area (Å²) in [7, 11) is 2.06. The average Bonchev–Trinajstić information content (AvgIpc) is 3.02. The van der Waals surface area contributed by atoms with Crippen LogP contribution in [-0.2, 0) is 19.0 Å². The van der Waals surface area contributed by atoms with Crippen molar-refractivity contribution in [2.45, 2.75) is 39.7 Å². The molecule has 0 bridgehead atoms. The molecule has 116 valence electrons. The van der Waals surface area contributed by atoms with Gasteiger partial charge in [-0.3, -0.25) is 0 Å². The van der Waals surface area contributed by atoms with Crippen molar-refractivity contribution in [2.24, 2.45) is 7.05 Å². The minimum absolute atomic E-state index is 0.0224. The normalized spacial score (nSPS) is 12.0. The molecule has 2 heterocycles. The molecule has 0 unspecified atom stereocenters. The molecule has 0 saturated carbocycles. The van der Waals surface area contributed by atoms with Crippen molar-refractivity contribution in [1.29, 1.82) is 0 Å². The number of para-hydroxylation sites is 1. The van der Waals surface area contributed by atoms with Crippen molar-refractivity contribution in [3.05, 3.63) is 35.4 Å². The van der Waals surface area contributed by atoms with Gasteiger partial charge in [-0.15, -0.1) is 0 Å². The molecule has 3 rings (SSSR count). The number of hydrogen-bond acceptors (Lipinski definition) is 5. The number of hydrogen-bond donors (Lipinski definition) is 1. The first-order chi connectivity index (χ1) is 10.4. The van der Waals surface area contributed by atoms with Gasteiger partial charge in [0.05, 0.1) is 17.6 Å². The van der Waals surface area contributed by atoms with E-state index in [1.54, 1.807) is 0 Å². The van der Waals surface area contributed by atoms with E-state index in [1.807, 2.05) is 6.07 Å². The Labute approximate surface area is 134 Å². The van der Waals surface area contributed by atoms with Gasteiger partial charge in [0.15, 0.2) is 0 Å². The minimum Gasteiger partial charge on any atom is -0.353 e. The summed E-state index contributed by atoms with van der Waals surface area (Å²) < 4.78 is 6.56. The van der Waals surface area contributed by atoms with E-state index < -0.39 is 0 Å². The molecule has 1 N–H and O–H groups in total. The van der Waals surface area contributed by atoms with E-state index in [9.17, 15) is 0 Å². The van der Waals surface area contributed by atoms with Gasteiger partial charge in [0.25, 0.3) is 0 Å².